The molecule has 0 spiro atoms. The molecule has 98 valence electrons. The fourth-order valence-corrected chi connectivity index (χ4v) is 2.83. The van der Waals surface area contributed by atoms with Crippen LogP contribution in [0.25, 0.3) is 0 Å². The van der Waals surface area contributed by atoms with Gasteiger partial charge in [0.1, 0.15) is 0 Å². The fraction of sp³-hybridized carbons (Fsp3) is 0.308. The summed E-state index contributed by atoms with van der Waals surface area (Å²) in [7, 11) is 0. The minimum absolute atomic E-state index is 0.0144. The molecule has 0 atom stereocenters. The predicted octanol–water partition coefficient (Wildman–Crippen LogP) is 4.18. The number of thioether (sulfide) groups is 1. The van der Waals surface area contributed by atoms with Crippen LogP contribution in [0.4, 0.5) is 0 Å². The molecule has 1 rings (SSSR count). The van der Waals surface area contributed by atoms with Gasteiger partial charge in [-0.25, -0.2) is 0 Å². The minimum Gasteiger partial charge on any atom is -0.351 e. The van der Waals surface area contributed by atoms with Crippen LogP contribution in [0.1, 0.15) is 11.1 Å². The first-order valence-electron chi connectivity index (χ1n) is 5.39. The summed E-state index contributed by atoms with van der Waals surface area (Å²) in [5.41, 5.74) is 2.35. The highest BCUT2D eigenvalue weighted by atomic mass is 79.9. The lowest BCUT2D eigenvalue weighted by atomic mass is 10.2. The van der Waals surface area contributed by atoms with Crippen LogP contribution in [0.5, 0.6) is 0 Å². The third-order valence-corrected chi connectivity index (χ3v) is 4.58. The van der Waals surface area contributed by atoms with Gasteiger partial charge in [-0.1, -0.05) is 38.4 Å². The van der Waals surface area contributed by atoms with E-state index >= 15 is 0 Å². The zero-order valence-electron chi connectivity index (χ0n) is 10.3. The molecule has 0 aliphatic carbocycles. The lowest BCUT2D eigenvalue weighted by Crippen LogP contribution is -2.26. The maximum atomic E-state index is 11.6. The first-order chi connectivity index (χ1) is 8.40. The van der Waals surface area contributed by atoms with Gasteiger partial charge in [0.05, 0.1) is 5.75 Å². The average molecular weight is 393 g/mol. The standard InChI is InChI=1S/C13H15Br2NOS/c1-8-5-12(9(2)4-11(8)15)18-7-13(17)16-6-10(3)14/h4-5H,3,6-7H2,1-2H3,(H,16,17). The number of aryl methyl sites for hydroxylation is 2. The molecule has 0 unspecified atom stereocenters. The predicted molar refractivity (Wildman–Crippen MR) is 85.4 cm³/mol. The lowest BCUT2D eigenvalue weighted by molar-refractivity contribution is -0.118. The van der Waals surface area contributed by atoms with Crippen LogP contribution in [-0.2, 0) is 4.79 Å². The van der Waals surface area contributed by atoms with E-state index in [9.17, 15) is 4.79 Å². The van der Waals surface area contributed by atoms with E-state index in [1.807, 2.05) is 13.8 Å². The zero-order chi connectivity index (χ0) is 13.7. The van der Waals surface area contributed by atoms with E-state index in [0.717, 1.165) is 13.9 Å². The monoisotopic (exact) mass is 391 g/mol. The molecule has 18 heavy (non-hydrogen) atoms. The van der Waals surface area contributed by atoms with Crippen LogP contribution >= 0.6 is 43.6 Å². The van der Waals surface area contributed by atoms with E-state index in [0.29, 0.717) is 12.3 Å². The van der Waals surface area contributed by atoms with Gasteiger partial charge in [-0.2, -0.15) is 0 Å². The second-order valence-corrected chi connectivity index (χ2v) is 6.94. The van der Waals surface area contributed by atoms with Crippen molar-refractivity contribution in [2.24, 2.45) is 0 Å². The van der Waals surface area contributed by atoms with Crippen molar-refractivity contribution in [3.8, 4) is 0 Å². The minimum atomic E-state index is 0.0144. The van der Waals surface area contributed by atoms with Crippen LogP contribution in [0.2, 0.25) is 0 Å². The summed E-state index contributed by atoms with van der Waals surface area (Å²) in [6.07, 6.45) is 0. The Morgan fingerprint density at radius 1 is 1.39 bits per heavy atom. The van der Waals surface area contributed by atoms with Gasteiger partial charge in [-0.05, 0) is 37.1 Å². The van der Waals surface area contributed by atoms with E-state index < -0.39 is 0 Å². The topological polar surface area (TPSA) is 29.1 Å². The van der Waals surface area contributed by atoms with Crippen molar-refractivity contribution in [2.75, 3.05) is 12.3 Å². The molecule has 0 saturated heterocycles. The highest BCUT2D eigenvalue weighted by Crippen LogP contribution is 2.28. The summed E-state index contributed by atoms with van der Waals surface area (Å²) in [4.78, 5) is 12.7. The third-order valence-electron chi connectivity index (χ3n) is 2.29. The van der Waals surface area contributed by atoms with E-state index in [1.165, 1.54) is 11.1 Å². The number of rotatable bonds is 5. The number of hydrogen-bond donors (Lipinski definition) is 1. The second kappa shape index (κ2) is 7.36. The quantitative estimate of drug-likeness (QED) is 0.761. The van der Waals surface area contributed by atoms with Crippen molar-refractivity contribution in [1.82, 2.24) is 5.32 Å². The van der Waals surface area contributed by atoms with E-state index in [-0.39, 0.29) is 5.91 Å². The van der Waals surface area contributed by atoms with Crippen LogP contribution in [0.15, 0.2) is 32.6 Å². The first kappa shape index (κ1) is 15.8. The summed E-state index contributed by atoms with van der Waals surface area (Å²) >= 11 is 8.26. The first-order valence-corrected chi connectivity index (χ1v) is 7.97. The molecule has 0 heterocycles. The number of carbonyl (C=O) groups is 1. The van der Waals surface area contributed by atoms with Gasteiger partial charge in [0.25, 0.3) is 0 Å². The van der Waals surface area contributed by atoms with Gasteiger partial charge in [0.15, 0.2) is 0 Å². The molecule has 5 heteroatoms. The molecule has 0 fully saturated rings. The van der Waals surface area contributed by atoms with Gasteiger partial charge in [0.2, 0.25) is 5.91 Å². The lowest BCUT2D eigenvalue weighted by Gasteiger charge is -2.09. The molecule has 1 N–H and O–H groups in total. The fourth-order valence-electron chi connectivity index (χ4n) is 1.30. The Bertz CT molecular complexity index is 474. The molecule has 0 aliphatic heterocycles. The van der Waals surface area contributed by atoms with Gasteiger partial charge in [-0.15, -0.1) is 11.8 Å². The van der Waals surface area contributed by atoms with Crippen molar-refractivity contribution >= 4 is 49.5 Å². The summed E-state index contributed by atoms with van der Waals surface area (Å²) in [5, 5.41) is 2.78. The molecule has 1 amide bonds. The van der Waals surface area contributed by atoms with Crippen molar-refractivity contribution in [2.45, 2.75) is 18.7 Å². The number of benzene rings is 1. The molecule has 1 aromatic carbocycles. The number of nitrogens with one attached hydrogen (secondary N) is 1. The summed E-state index contributed by atoms with van der Waals surface area (Å²) < 4.78 is 1.88. The average Bonchev–Trinajstić information content (AvgIpc) is 2.29. The maximum absolute atomic E-state index is 11.6. The van der Waals surface area contributed by atoms with Gasteiger partial charge >= 0.3 is 0 Å². The van der Waals surface area contributed by atoms with E-state index in [4.69, 9.17) is 0 Å². The van der Waals surface area contributed by atoms with Crippen molar-refractivity contribution in [3.05, 3.63) is 38.8 Å². The van der Waals surface area contributed by atoms with Gasteiger partial charge in [0, 0.05) is 20.4 Å². The molecular formula is C13H15Br2NOS. The highest BCUT2D eigenvalue weighted by molar-refractivity contribution is 9.11. The van der Waals surface area contributed by atoms with Crippen molar-refractivity contribution in [3.63, 3.8) is 0 Å². The van der Waals surface area contributed by atoms with Gasteiger partial charge < -0.3 is 5.32 Å². The number of halogens is 2. The Kier molecular flexibility index (Phi) is 6.46. The zero-order valence-corrected chi connectivity index (χ0v) is 14.3. The number of carbonyl (C=O) groups excluding carboxylic acids is 1. The molecule has 1 aromatic rings. The Morgan fingerprint density at radius 2 is 2.06 bits per heavy atom. The smallest absolute Gasteiger partial charge is 0.230 e. The molecule has 0 aromatic heterocycles. The molecule has 2 nitrogen and oxygen atoms in total. The summed E-state index contributed by atoms with van der Waals surface area (Å²) in [6, 6.07) is 4.18. The highest BCUT2D eigenvalue weighted by Gasteiger charge is 2.07. The molecule has 0 radical (unpaired) electrons. The van der Waals surface area contributed by atoms with Crippen LogP contribution < -0.4 is 5.32 Å². The SMILES string of the molecule is C=C(Br)CNC(=O)CSc1cc(C)c(Br)cc1C. The summed E-state index contributed by atoms with van der Waals surface area (Å²) in [5.74, 6) is 0.433. The van der Waals surface area contributed by atoms with Crippen molar-refractivity contribution < 1.29 is 4.79 Å². The third kappa shape index (κ3) is 5.16. The number of hydrogen-bond acceptors (Lipinski definition) is 2. The van der Waals surface area contributed by atoms with E-state index in [2.05, 4.69) is 55.9 Å². The van der Waals surface area contributed by atoms with Gasteiger partial charge in [-0.3, -0.25) is 4.79 Å². The molecule has 0 saturated carbocycles. The van der Waals surface area contributed by atoms with Crippen molar-refractivity contribution in [1.29, 1.82) is 0 Å². The maximum Gasteiger partial charge on any atom is 0.230 e. The normalized spacial score (nSPS) is 10.2. The molecular weight excluding hydrogens is 378 g/mol. The largest absolute Gasteiger partial charge is 0.351 e. The van der Waals surface area contributed by atoms with Crippen LogP contribution in [0.3, 0.4) is 0 Å². The van der Waals surface area contributed by atoms with Crippen LogP contribution in [-0.4, -0.2) is 18.2 Å². The number of amides is 1. The van der Waals surface area contributed by atoms with E-state index in [1.54, 1.807) is 11.8 Å². The Hall–Kier alpha value is -0.260. The molecule has 0 bridgehead atoms. The Morgan fingerprint density at radius 3 is 2.67 bits per heavy atom. The molecule has 0 aliphatic rings. The summed E-state index contributed by atoms with van der Waals surface area (Å²) in [6.45, 7) is 8.23. The Balaban J connectivity index is 2.56. The Labute approximate surface area is 129 Å². The second-order valence-electron chi connectivity index (χ2n) is 3.95. The van der Waals surface area contributed by atoms with Crippen LogP contribution in [0, 0.1) is 13.8 Å².